The Morgan fingerprint density at radius 3 is 2.48 bits per heavy atom. The molecule has 8 rings (SSSR count). The Morgan fingerprint density at radius 1 is 0.931 bits per heavy atom. The average Bonchev–Trinajstić information content (AvgIpc) is 3.66. The SMILES string of the molecule is COc1cc(N2CCN(C(=O)CN3CCC(c4ccc5nn(C6CCC(=O)NC6=O)cc5c4)CC3)CC2)ccc1Nc1ncc(Cl)c(Nc2ccccc2C(C)=O)n1. The second-order valence-corrected chi connectivity index (χ2v) is 15.3. The number of nitrogens with zero attached hydrogens (tertiary/aromatic N) is 7. The molecule has 1 atom stereocenters. The highest BCUT2D eigenvalue weighted by Gasteiger charge is 2.30. The third-order valence-electron chi connectivity index (χ3n) is 11.2. The van der Waals surface area contributed by atoms with E-state index < -0.39 is 6.04 Å². The third kappa shape index (κ3) is 8.46. The van der Waals surface area contributed by atoms with E-state index >= 15 is 0 Å². The molecule has 16 heteroatoms. The lowest BCUT2D eigenvalue weighted by Crippen LogP contribution is -2.51. The average molecular weight is 805 g/mol. The lowest BCUT2D eigenvalue weighted by Gasteiger charge is -2.38. The van der Waals surface area contributed by atoms with E-state index in [0.29, 0.717) is 91.0 Å². The maximum Gasteiger partial charge on any atom is 0.251 e. The number of piperazine rings is 1. The van der Waals surface area contributed by atoms with Crippen LogP contribution in [0.1, 0.15) is 60.5 Å². The van der Waals surface area contributed by atoms with Gasteiger partial charge in [0.05, 0.1) is 36.7 Å². The number of para-hydroxylation sites is 1. The van der Waals surface area contributed by atoms with Gasteiger partial charge in [0, 0.05) is 61.5 Å². The van der Waals surface area contributed by atoms with Crippen molar-refractivity contribution >= 4 is 74.8 Å². The molecule has 5 aromatic rings. The number of imide groups is 1. The minimum Gasteiger partial charge on any atom is -0.494 e. The van der Waals surface area contributed by atoms with Crippen LogP contribution in [0.5, 0.6) is 5.75 Å². The van der Waals surface area contributed by atoms with Gasteiger partial charge in [-0.25, -0.2) is 4.98 Å². The fraction of sp³-hybridized carbons (Fsp3) is 0.357. The third-order valence-corrected chi connectivity index (χ3v) is 11.5. The van der Waals surface area contributed by atoms with Crippen molar-refractivity contribution in [3.05, 3.63) is 89.2 Å². The maximum absolute atomic E-state index is 13.4. The Labute approximate surface area is 340 Å². The van der Waals surface area contributed by atoms with Crippen LogP contribution in [0.25, 0.3) is 10.9 Å². The van der Waals surface area contributed by atoms with Crippen molar-refractivity contribution in [2.75, 3.05) is 68.5 Å². The number of likely N-dealkylation sites (tertiary alicyclic amines) is 1. The molecule has 3 amide bonds. The smallest absolute Gasteiger partial charge is 0.251 e. The van der Waals surface area contributed by atoms with Crippen LogP contribution < -0.4 is 25.6 Å². The molecule has 3 fully saturated rings. The molecule has 0 bridgehead atoms. The van der Waals surface area contributed by atoms with E-state index in [0.717, 1.165) is 42.5 Å². The first-order valence-electron chi connectivity index (χ1n) is 19.5. The molecule has 3 N–H and O–H groups in total. The molecule has 3 aromatic carbocycles. The summed E-state index contributed by atoms with van der Waals surface area (Å²) in [4.78, 5) is 64.9. The second-order valence-electron chi connectivity index (χ2n) is 14.9. The normalized spacial score (nSPS) is 17.9. The van der Waals surface area contributed by atoms with Crippen molar-refractivity contribution in [3.8, 4) is 5.75 Å². The molecule has 3 saturated heterocycles. The summed E-state index contributed by atoms with van der Waals surface area (Å²) in [6.45, 7) is 6.26. The van der Waals surface area contributed by atoms with Gasteiger partial charge in [0.25, 0.3) is 5.91 Å². The van der Waals surface area contributed by atoms with Crippen LogP contribution in [0.15, 0.2) is 73.1 Å². The van der Waals surface area contributed by atoms with Gasteiger partial charge in [0.1, 0.15) is 16.8 Å². The van der Waals surface area contributed by atoms with E-state index in [1.54, 1.807) is 30.0 Å². The number of rotatable bonds is 11. The van der Waals surface area contributed by atoms with E-state index in [4.69, 9.17) is 16.3 Å². The van der Waals surface area contributed by atoms with Crippen LogP contribution in [0.3, 0.4) is 0 Å². The zero-order chi connectivity index (χ0) is 40.3. The van der Waals surface area contributed by atoms with Gasteiger partial charge in [-0.2, -0.15) is 10.1 Å². The molecule has 2 aromatic heterocycles. The lowest BCUT2D eigenvalue weighted by molar-refractivity contribution is -0.136. The summed E-state index contributed by atoms with van der Waals surface area (Å²) >= 11 is 6.42. The van der Waals surface area contributed by atoms with Crippen LogP contribution in [0.2, 0.25) is 5.02 Å². The standard InChI is InChI=1S/C42H45ClN10O5/c1-26(54)31-5-3-4-6-34(31)45-40-32(43)23-44-42(48-40)46-35-10-8-30(22-37(35)58-2)51-17-19-52(20-18-51)39(56)25-50-15-13-27(14-16-50)28-7-9-33-29(21-28)24-53(49-33)36-11-12-38(55)47-41(36)57/h3-10,21-24,27,36H,11-20,25H2,1-2H3,(H,47,55,57)(H2,44,45,46,48). The molecule has 0 saturated carbocycles. The number of fused-ring (bicyclic) bond motifs is 1. The first-order chi connectivity index (χ1) is 28.1. The number of amides is 3. The maximum atomic E-state index is 13.4. The van der Waals surface area contributed by atoms with Gasteiger partial charge >= 0.3 is 0 Å². The molecule has 5 heterocycles. The number of aromatic nitrogens is 4. The molecular formula is C42H45ClN10O5. The summed E-state index contributed by atoms with van der Waals surface area (Å²) in [7, 11) is 1.61. The van der Waals surface area contributed by atoms with Crippen LogP contribution in [-0.2, 0) is 14.4 Å². The number of ketones is 1. The molecule has 0 aliphatic carbocycles. The topological polar surface area (TPSA) is 167 Å². The highest BCUT2D eigenvalue weighted by Crippen LogP contribution is 2.34. The first kappa shape index (κ1) is 38.8. The van der Waals surface area contributed by atoms with Gasteiger partial charge in [0.15, 0.2) is 11.6 Å². The van der Waals surface area contributed by atoms with Crippen LogP contribution >= 0.6 is 11.6 Å². The molecule has 15 nitrogen and oxygen atoms in total. The summed E-state index contributed by atoms with van der Waals surface area (Å²) in [6, 6.07) is 18.9. The first-order valence-corrected chi connectivity index (χ1v) is 19.9. The predicted octanol–water partition coefficient (Wildman–Crippen LogP) is 5.68. The fourth-order valence-electron chi connectivity index (χ4n) is 7.98. The Balaban J connectivity index is 0.822. The number of piperidine rings is 2. The summed E-state index contributed by atoms with van der Waals surface area (Å²) in [5.74, 6) is 1.17. The molecule has 0 spiro atoms. The number of Topliss-reactive ketones (excluding diaryl/α,β-unsaturated/α-hetero) is 1. The number of hydrogen-bond acceptors (Lipinski definition) is 12. The quantitative estimate of drug-likeness (QED) is 0.111. The molecule has 1 unspecified atom stereocenters. The van der Waals surface area contributed by atoms with Gasteiger partial charge in [-0.1, -0.05) is 29.8 Å². The Bertz CT molecular complexity index is 2370. The van der Waals surface area contributed by atoms with Gasteiger partial charge in [0.2, 0.25) is 17.8 Å². The fourth-order valence-corrected chi connectivity index (χ4v) is 8.12. The monoisotopic (exact) mass is 804 g/mol. The summed E-state index contributed by atoms with van der Waals surface area (Å²) < 4.78 is 7.43. The predicted molar refractivity (Wildman–Crippen MR) is 221 cm³/mol. The molecule has 0 radical (unpaired) electrons. The van der Waals surface area contributed by atoms with E-state index in [9.17, 15) is 19.2 Å². The minimum absolute atomic E-state index is 0.0784. The number of methoxy groups -OCH3 is 1. The highest BCUT2D eigenvalue weighted by molar-refractivity contribution is 6.33. The molecule has 3 aliphatic rings. The second kappa shape index (κ2) is 16.8. The Morgan fingerprint density at radius 2 is 1.72 bits per heavy atom. The van der Waals surface area contributed by atoms with Crippen molar-refractivity contribution in [2.45, 2.75) is 44.6 Å². The Hall–Kier alpha value is -6.06. The van der Waals surface area contributed by atoms with Crippen molar-refractivity contribution in [3.63, 3.8) is 0 Å². The largest absolute Gasteiger partial charge is 0.494 e. The number of halogens is 1. The van der Waals surface area contributed by atoms with Crippen molar-refractivity contribution in [1.82, 2.24) is 34.9 Å². The number of ether oxygens (including phenoxy) is 1. The zero-order valence-electron chi connectivity index (χ0n) is 32.4. The zero-order valence-corrected chi connectivity index (χ0v) is 33.2. The van der Waals surface area contributed by atoms with Crippen molar-refractivity contribution < 1.29 is 23.9 Å². The minimum atomic E-state index is -0.475. The van der Waals surface area contributed by atoms with Crippen LogP contribution in [0, 0.1) is 0 Å². The molecule has 58 heavy (non-hydrogen) atoms. The molecule has 300 valence electrons. The number of carbonyl (C=O) groups is 4. The number of anilines is 5. The number of nitrogens with one attached hydrogen (secondary N) is 3. The van der Waals surface area contributed by atoms with Crippen LogP contribution in [0.4, 0.5) is 28.8 Å². The van der Waals surface area contributed by atoms with Crippen LogP contribution in [-0.4, -0.2) is 106 Å². The van der Waals surface area contributed by atoms with Gasteiger partial charge in [-0.15, -0.1) is 0 Å². The molecular weight excluding hydrogens is 760 g/mol. The van der Waals surface area contributed by atoms with Crippen molar-refractivity contribution in [2.24, 2.45) is 0 Å². The van der Waals surface area contributed by atoms with Gasteiger partial charge in [-0.05, 0) is 87.2 Å². The van der Waals surface area contributed by atoms with E-state index in [1.165, 1.54) is 18.7 Å². The number of benzene rings is 3. The number of carbonyl (C=O) groups excluding carboxylic acids is 4. The van der Waals surface area contributed by atoms with E-state index in [-0.39, 0.29) is 23.5 Å². The lowest BCUT2D eigenvalue weighted by atomic mass is 9.89. The van der Waals surface area contributed by atoms with E-state index in [1.807, 2.05) is 41.4 Å². The summed E-state index contributed by atoms with van der Waals surface area (Å²) in [5.41, 5.74) is 4.84. The Kier molecular flexibility index (Phi) is 11.2. The summed E-state index contributed by atoms with van der Waals surface area (Å²) in [6.07, 6.45) is 6.07. The summed E-state index contributed by atoms with van der Waals surface area (Å²) in [5, 5.41) is 14.7. The van der Waals surface area contributed by atoms with Gasteiger partial charge in [-0.3, -0.25) is 34.1 Å². The highest BCUT2D eigenvalue weighted by atomic mass is 35.5. The number of hydrogen-bond donors (Lipinski definition) is 3. The molecule has 3 aliphatic heterocycles. The van der Waals surface area contributed by atoms with E-state index in [2.05, 4.69) is 52.9 Å². The van der Waals surface area contributed by atoms with Crippen molar-refractivity contribution in [1.29, 1.82) is 0 Å². The van der Waals surface area contributed by atoms with Gasteiger partial charge < -0.3 is 25.2 Å².